The Balaban J connectivity index is 1.12. The average Bonchev–Trinajstić information content (AvgIpc) is 3.94. The van der Waals surface area contributed by atoms with Crippen molar-refractivity contribution in [2.75, 3.05) is 26.2 Å². The molecule has 2 amide bonds. The number of hydrogen-bond donors (Lipinski definition) is 0. The van der Waals surface area contributed by atoms with E-state index < -0.39 is 23.1 Å². The van der Waals surface area contributed by atoms with E-state index in [1.807, 2.05) is 85.9 Å². The second-order valence-corrected chi connectivity index (χ2v) is 19.2. The van der Waals surface area contributed by atoms with Crippen LogP contribution in [0.1, 0.15) is 91.0 Å². The fourth-order valence-corrected chi connectivity index (χ4v) is 9.17. The van der Waals surface area contributed by atoms with Gasteiger partial charge in [0.2, 0.25) is 0 Å². The van der Waals surface area contributed by atoms with E-state index in [4.69, 9.17) is 23.9 Å². The largest absolute Gasteiger partial charge is 0.444 e. The van der Waals surface area contributed by atoms with Gasteiger partial charge in [0.25, 0.3) is 0 Å². The van der Waals surface area contributed by atoms with Crippen molar-refractivity contribution >= 4 is 34.6 Å². The number of thiophene rings is 1. The molecular formula is C47H59N5O6S. The number of carbonyl (C=O) groups is 2. The summed E-state index contributed by atoms with van der Waals surface area (Å²) in [7, 11) is 0. The van der Waals surface area contributed by atoms with Crippen molar-refractivity contribution in [3.8, 4) is 10.4 Å². The van der Waals surface area contributed by atoms with Crippen LogP contribution in [0.5, 0.6) is 0 Å². The fourth-order valence-electron chi connectivity index (χ4n) is 8.24. The highest BCUT2D eigenvalue weighted by molar-refractivity contribution is 7.13. The average molecular weight is 822 g/mol. The molecule has 1 saturated heterocycles. The molecule has 11 nitrogen and oxygen atoms in total. The molecule has 0 spiro atoms. The summed E-state index contributed by atoms with van der Waals surface area (Å²) in [6.07, 6.45) is 7.18. The quantitative estimate of drug-likeness (QED) is 0.116. The van der Waals surface area contributed by atoms with E-state index in [1.54, 1.807) is 27.5 Å². The number of fused-ring (bicyclic) bond motifs is 2. The van der Waals surface area contributed by atoms with Crippen molar-refractivity contribution in [3.05, 3.63) is 108 Å². The zero-order valence-electron chi connectivity index (χ0n) is 35.7. The molecular weight excluding hydrogens is 763 g/mol. The lowest BCUT2D eigenvalue weighted by Crippen LogP contribution is -2.44. The Kier molecular flexibility index (Phi) is 12.5. The fraction of sp³-hybridized carbons (Fsp3) is 0.489. The van der Waals surface area contributed by atoms with Gasteiger partial charge in [0.05, 0.1) is 12.1 Å². The Morgan fingerprint density at radius 1 is 0.847 bits per heavy atom. The second-order valence-electron chi connectivity index (χ2n) is 18.3. The van der Waals surface area contributed by atoms with Gasteiger partial charge in [0, 0.05) is 60.3 Å². The highest BCUT2D eigenvalue weighted by Crippen LogP contribution is 2.49. The summed E-state index contributed by atoms with van der Waals surface area (Å²) in [6.45, 7) is 16.9. The molecule has 314 valence electrons. The van der Waals surface area contributed by atoms with Gasteiger partial charge in [-0.15, -0.1) is 11.3 Å². The molecule has 0 radical (unpaired) electrons. The Hall–Kier alpha value is -4.78. The molecule has 1 aliphatic carbocycles. The first-order chi connectivity index (χ1) is 28.0. The van der Waals surface area contributed by atoms with Gasteiger partial charge in [-0.05, 0) is 109 Å². The van der Waals surface area contributed by atoms with Gasteiger partial charge in [-0.2, -0.15) is 0 Å². The van der Waals surface area contributed by atoms with E-state index in [1.165, 1.54) is 11.1 Å². The number of hydrogen-bond acceptors (Lipinski definition) is 9. The third-order valence-electron chi connectivity index (χ3n) is 10.7. The zero-order valence-corrected chi connectivity index (χ0v) is 36.5. The topological polar surface area (TPSA) is 108 Å². The Morgan fingerprint density at radius 3 is 2.15 bits per heavy atom. The third kappa shape index (κ3) is 10.7. The molecule has 0 unspecified atom stereocenters. The first-order valence-corrected chi connectivity index (χ1v) is 21.7. The number of rotatable bonds is 13. The SMILES string of the molecule is CC(C)(C)OC(=O)N(CCCN(C[C@H]1C[C@@H](n2cc(-c3cc(Cc4ccccc4)cs3)c3cncnc32)[C@@H]2OC(C)(C)O[C@H]12)C(=O)OC(C)(C)C)CCc1ccccc1. The highest BCUT2D eigenvalue weighted by atomic mass is 32.1. The van der Waals surface area contributed by atoms with Gasteiger partial charge in [0.1, 0.15) is 29.3 Å². The van der Waals surface area contributed by atoms with E-state index in [9.17, 15) is 9.59 Å². The molecule has 12 heteroatoms. The number of amides is 2. The van der Waals surface area contributed by atoms with E-state index >= 15 is 0 Å². The van der Waals surface area contributed by atoms with Gasteiger partial charge < -0.3 is 33.3 Å². The van der Waals surface area contributed by atoms with E-state index in [0.717, 1.165) is 33.5 Å². The third-order valence-corrected chi connectivity index (χ3v) is 11.7. The molecule has 0 bridgehead atoms. The molecule has 4 heterocycles. The van der Waals surface area contributed by atoms with Crippen LogP contribution in [-0.2, 0) is 31.8 Å². The van der Waals surface area contributed by atoms with Crippen molar-refractivity contribution in [2.45, 2.75) is 116 Å². The second kappa shape index (κ2) is 17.4. The lowest BCUT2D eigenvalue weighted by Gasteiger charge is -2.32. The standard InChI is InChI=1S/C47H59N5O6S/c1-45(2,3)57-43(53)50(23-20-32-16-11-9-12-17-32)21-15-22-51(44(54)58-46(4,5)6)28-35-26-38(41-40(35)55-47(7,8)56-41)52-29-37(36-27-48-31-49-42(36)52)39-25-34(30-59-39)24-33-18-13-10-14-19-33/h9-14,16-19,25,27,29-31,35,38,40-41H,15,20-24,26,28H2,1-8H3/t35-,38-,40-,41+/m1/s1. The van der Waals surface area contributed by atoms with E-state index in [2.05, 4.69) is 63.6 Å². The lowest BCUT2D eigenvalue weighted by atomic mass is 10.0. The van der Waals surface area contributed by atoms with E-state index in [0.29, 0.717) is 45.4 Å². The Morgan fingerprint density at radius 2 is 1.47 bits per heavy atom. The van der Waals surface area contributed by atoms with Crippen LogP contribution in [0.3, 0.4) is 0 Å². The summed E-state index contributed by atoms with van der Waals surface area (Å²) in [4.78, 5) is 41.4. The molecule has 2 fully saturated rings. The van der Waals surface area contributed by atoms with Crippen LogP contribution in [-0.4, -0.2) is 91.9 Å². The van der Waals surface area contributed by atoms with Gasteiger partial charge in [-0.25, -0.2) is 19.6 Å². The van der Waals surface area contributed by atoms with Crippen LogP contribution >= 0.6 is 11.3 Å². The van der Waals surface area contributed by atoms with E-state index in [-0.39, 0.29) is 30.3 Å². The molecule has 5 aromatic rings. The maximum absolute atomic E-state index is 14.0. The van der Waals surface area contributed by atoms with Crippen molar-refractivity contribution in [1.82, 2.24) is 24.3 Å². The predicted molar refractivity (Wildman–Crippen MR) is 231 cm³/mol. The first-order valence-electron chi connectivity index (χ1n) is 20.8. The summed E-state index contributed by atoms with van der Waals surface area (Å²) in [5.74, 6) is -0.877. The van der Waals surface area contributed by atoms with Gasteiger partial charge in [-0.3, -0.25) is 0 Å². The molecule has 0 N–H and O–H groups in total. The van der Waals surface area contributed by atoms with Gasteiger partial charge in [0.15, 0.2) is 5.79 Å². The summed E-state index contributed by atoms with van der Waals surface area (Å²) in [5, 5.41) is 3.21. The smallest absolute Gasteiger partial charge is 0.410 e. The summed E-state index contributed by atoms with van der Waals surface area (Å²) in [6, 6.07) is 22.8. The van der Waals surface area contributed by atoms with Gasteiger partial charge >= 0.3 is 12.2 Å². The maximum Gasteiger partial charge on any atom is 0.410 e. The molecule has 7 rings (SSSR count). The number of ether oxygens (including phenoxy) is 4. The lowest BCUT2D eigenvalue weighted by molar-refractivity contribution is -0.160. The number of nitrogens with zero attached hydrogens (tertiary/aromatic N) is 5. The zero-order chi connectivity index (χ0) is 42.0. The number of benzene rings is 2. The highest BCUT2D eigenvalue weighted by Gasteiger charge is 2.55. The molecule has 1 aliphatic heterocycles. The molecule has 2 aliphatic rings. The van der Waals surface area contributed by atoms with Crippen LogP contribution in [0.4, 0.5) is 9.59 Å². The van der Waals surface area contributed by atoms with Crippen molar-refractivity contribution in [3.63, 3.8) is 0 Å². The Bertz CT molecular complexity index is 2190. The van der Waals surface area contributed by atoms with Crippen molar-refractivity contribution in [1.29, 1.82) is 0 Å². The summed E-state index contributed by atoms with van der Waals surface area (Å²) < 4.78 is 27.4. The molecule has 2 aromatic carbocycles. The normalized spacial score (nSPS) is 20.1. The van der Waals surface area contributed by atoms with Crippen LogP contribution < -0.4 is 0 Å². The minimum Gasteiger partial charge on any atom is -0.444 e. The molecule has 1 saturated carbocycles. The van der Waals surface area contributed by atoms with Crippen LogP contribution in [0.25, 0.3) is 21.5 Å². The van der Waals surface area contributed by atoms with Gasteiger partial charge in [-0.1, -0.05) is 60.7 Å². The van der Waals surface area contributed by atoms with Crippen molar-refractivity contribution < 1.29 is 28.5 Å². The van der Waals surface area contributed by atoms with Crippen LogP contribution in [0.2, 0.25) is 0 Å². The number of aromatic nitrogens is 3. The van der Waals surface area contributed by atoms with Crippen molar-refractivity contribution in [2.24, 2.45) is 5.92 Å². The maximum atomic E-state index is 14.0. The summed E-state index contributed by atoms with van der Waals surface area (Å²) >= 11 is 1.73. The first kappa shape index (κ1) is 42.3. The number of carbonyl (C=O) groups excluding carboxylic acids is 2. The monoisotopic (exact) mass is 821 g/mol. The minimum absolute atomic E-state index is 0.0683. The van der Waals surface area contributed by atoms with Crippen LogP contribution in [0.15, 0.2) is 90.8 Å². The molecule has 3 aromatic heterocycles. The predicted octanol–water partition coefficient (Wildman–Crippen LogP) is 9.94. The van der Waals surface area contributed by atoms with Crippen LogP contribution in [0, 0.1) is 5.92 Å². The molecule has 59 heavy (non-hydrogen) atoms. The Labute approximate surface area is 352 Å². The molecule has 4 atom stereocenters. The minimum atomic E-state index is -0.809. The summed E-state index contributed by atoms with van der Waals surface area (Å²) in [5.41, 5.74) is 4.27.